The van der Waals surface area contributed by atoms with E-state index in [1.165, 1.54) is 5.39 Å². The summed E-state index contributed by atoms with van der Waals surface area (Å²) in [5.74, 6) is 0.612. The highest BCUT2D eigenvalue weighted by Crippen LogP contribution is 2.43. The number of nitrogens with zero attached hydrogens (tertiary/aromatic N) is 3. The molecule has 0 saturated heterocycles. The SMILES string of the molecule is c1ccc(-c2cc(-c3nc(-n4c5ccccc5c5c6c(ccc54)oc4ccccc46)nc4ccccc34)cc3c2oc2cc4ccccc4cc23)cc1. The fourth-order valence-corrected chi connectivity index (χ4v) is 8.41. The molecule has 246 valence electrons. The van der Waals surface area contributed by atoms with Crippen molar-refractivity contribution in [2.24, 2.45) is 0 Å². The first-order chi connectivity index (χ1) is 26.3. The van der Waals surface area contributed by atoms with Crippen LogP contribution in [0.15, 0.2) is 173 Å². The molecule has 0 amide bonds. The van der Waals surface area contributed by atoms with Gasteiger partial charge >= 0.3 is 0 Å². The second-order valence-electron chi connectivity index (χ2n) is 13.7. The first-order valence-electron chi connectivity index (χ1n) is 17.8. The average molecular weight is 678 g/mol. The molecule has 12 rings (SSSR count). The van der Waals surface area contributed by atoms with Crippen LogP contribution in [0.4, 0.5) is 0 Å². The fourth-order valence-electron chi connectivity index (χ4n) is 8.41. The Balaban J connectivity index is 1.19. The first-order valence-corrected chi connectivity index (χ1v) is 17.8. The van der Waals surface area contributed by atoms with Crippen molar-refractivity contribution in [1.29, 1.82) is 0 Å². The molecule has 0 saturated carbocycles. The quantitative estimate of drug-likeness (QED) is 0.187. The first kappa shape index (κ1) is 28.5. The number of rotatable bonds is 3. The smallest absolute Gasteiger partial charge is 0.235 e. The second kappa shape index (κ2) is 10.6. The zero-order valence-electron chi connectivity index (χ0n) is 28.2. The van der Waals surface area contributed by atoms with Gasteiger partial charge in [-0.05, 0) is 70.9 Å². The van der Waals surface area contributed by atoms with Crippen LogP contribution < -0.4 is 0 Å². The van der Waals surface area contributed by atoms with Gasteiger partial charge in [0.1, 0.15) is 22.3 Å². The standard InChI is InChI=1S/C48H27N3O2/c1-2-12-28(13-3-1)35-25-31(26-37-36-24-29-14-4-5-15-30(29)27-43(36)53-47(35)37)46-32-16-6-9-19-38(32)49-48(50-46)51-39-20-10-7-17-33(39)44-40(51)22-23-42-45(44)34-18-8-11-21-41(34)52-42/h1-27H. The van der Waals surface area contributed by atoms with E-state index in [4.69, 9.17) is 18.8 Å². The molecule has 5 heteroatoms. The summed E-state index contributed by atoms with van der Waals surface area (Å²) in [5, 5.41) is 9.90. The third-order valence-electron chi connectivity index (χ3n) is 10.8. The van der Waals surface area contributed by atoms with Crippen LogP contribution in [0.25, 0.3) is 116 Å². The number of furan rings is 2. The lowest BCUT2D eigenvalue weighted by Crippen LogP contribution is -2.03. The van der Waals surface area contributed by atoms with Crippen molar-refractivity contribution in [2.45, 2.75) is 0 Å². The van der Waals surface area contributed by atoms with Crippen LogP contribution in [0.5, 0.6) is 0 Å². The molecule has 0 spiro atoms. The van der Waals surface area contributed by atoms with Crippen molar-refractivity contribution in [3.8, 4) is 28.3 Å². The molecular formula is C48H27N3O2. The lowest BCUT2D eigenvalue weighted by atomic mass is 9.96. The minimum absolute atomic E-state index is 0.612. The predicted molar refractivity (Wildman–Crippen MR) is 217 cm³/mol. The molecule has 8 aromatic carbocycles. The monoisotopic (exact) mass is 677 g/mol. The van der Waals surface area contributed by atoms with Gasteiger partial charge < -0.3 is 8.83 Å². The Morgan fingerprint density at radius 1 is 0.415 bits per heavy atom. The number of benzene rings is 8. The second-order valence-corrected chi connectivity index (χ2v) is 13.7. The summed E-state index contributed by atoms with van der Waals surface area (Å²) in [5.41, 5.74) is 10.4. The maximum atomic E-state index is 6.72. The molecular weight excluding hydrogens is 651 g/mol. The van der Waals surface area contributed by atoms with E-state index in [9.17, 15) is 0 Å². The molecule has 0 aliphatic rings. The van der Waals surface area contributed by atoms with Crippen LogP contribution in [0, 0.1) is 0 Å². The molecule has 0 aliphatic heterocycles. The fraction of sp³-hybridized carbons (Fsp3) is 0. The molecule has 0 N–H and O–H groups in total. The van der Waals surface area contributed by atoms with E-state index in [0.29, 0.717) is 5.95 Å². The minimum Gasteiger partial charge on any atom is -0.456 e. The topological polar surface area (TPSA) is 57.0 Å². The highest BCUT2D eigenvalue weighted by molar-refractivity contribution is 6.27. The van der Waals surface area contributed by atoms with Crippen LogP contribution in [0.2, 0.25) is 0 Å². The van der Waals surface area contributed by atoms with E-state index in [1.807, 2.05) is 24.3 Å². The summed E-state index contributed by atoms with van der Waals surface area (Å²) >= 11 is 0. The summed E-state index contributed by atoms with van der Waals surface area (Å²) < 4.78 is 15.3. The molecule has 0 atom stereocenters. The molecule has 5 nitrogen and oxygen atoms in total. The van der Waals surface area contributed by atoms with Crippen LogP contribution in [-0.2, 0) is 0 Å². The van der Waals surface area contributed by atoms with E-state index in [1.54, 1.807) is 0 Å². The van der Waals surface area contributed by atoms with Gasteiger partial charge in [-0.15, -0.1) is 0 Å². The normalized spacial score (nSPS) is 12.2. The van der Waals surface area contributed by atoms with Crippen molar-refractivity contribution >= 4 is 87.4 Å². The number of aromatic nitrogens is 3. The maximum absolute atomic E-state index is 6.72. The van der Waals surface area contributed by atoms with Crippen LogP contribution in [0.1, 0.15) is 0 Å². The van der Waals surface area contributed by atoms with E-state index >= 15 is 0 Å². The number of para-hydroxylation sites is 3. The van der Waals surface area contributed by atoms with Crippen LogP contribution >= 0.6 is 0 Å². The van der Waals surface area contributed by atoms with E-state index < -0.39 is 0 Å². The van der Waals surface area contributed by atoms with Crippen molar-refractivity contribution in [2.75, 3.05) is 0 Å². The third-order valence-corrected chi connectivity index (χ3v) is 10.8. The maximum Gasteiger partial charge on any atom is 0.235 e. The summed E-state index contributed by atoms with van der Waals surface area (Å²) in [6, 6.07) is 57.1. The molecule has 12 aromatic rings. The Hall–Kier alpha value is -7.24. The molecule has 4 heterocycles. The number of hydrogen-bond donors (Lipinski definition) is 0. The van der Waals surface area contributed by atoms with Gasteiger partial charge in [-0.2, -0.15) is 0 Å². The summed E-state index contributed by atoms with van der Waals surface area (Å²) in [4.78, 5) is 10.8. The summed E-state index contributed by atoms with van der Waals surface area (Å²) in [6.07, 6.45) is 0. The van der Waals surface area contributed by atoms with E-state index in [2.05, 4.69) is 144 Å². The van der Waals surface area contributed by atoms with Crippen molar-refractivity contribution < 1.29 is 8.83 Å². The molecule has 0 bridgehead atoms. The van der Waals surface area contributed by atoms with Gasteiger partial charge in [-0.1, -0.05) is 109 Å². The Kier molecular flexibility index (Phi) is 5.71. The van der Waals surface area contributed by atoms with Crippen molar-refractivity contribution in [1.82, 2.24) is 14.5 Å². The van der Waals surface area contributed by atoms with Gasteiger partial charge in [0, 0.05) is 48.8 Å². The summed E-state index contributed by atoms with van der Waals surface area (Å²) in [7, 11) is 0. The molecule has 0 aliphatic carbocycles. The Labute approximate surface area is 302 Å². The zero-order chi connectivity index (χ0) is 34.6. The van der Waals surface area contributed by atoms with E-state index in [-0.39, 0.29) is 0 Å². The Morgan fingerprint density at radius 2 is 1.15 bits per heavy atom. The van der Waals surface area contributed by atoms with Gasteiger partial charge in [0.25, 0.3) is 0 Å². The Bertz CT molecular complexity index is 3460. The van der Waals surface area contributed by atoms with Crippen LogP contribution in [-0.4, -0.2) is 14.5 Å². The van der Waals surface area contributed by atoms with Gasteiger partial charge in [0.05, 0.1) is 22.2 Å². The largest absolute Gasteiger partial charge is 0.456 e. The van der Waals surface area contributed by atoms with E-state index in [0.717, 1.165) is 104 Å². The molecule has 4 aromatic heterocycles. The highest BCUT2D eigenvalue weighted by Gasteiger charge is 2.22. The van der Waals surface area contributed by atoms with Gasteiger partial charge in [-0.25, -0.2) is 9.97 Å². The average Bonchev–Trinajstić information content (AvgIpc) is 3.88. The van der Waals surface area contributed by atoms with Gasteiger partial charge in [-0.3, -0.25) is 4.57 Å². The van der Waals surface area contributed by atoms with Gasteiger partial charge in [0.15, 0.2) is 0 Å². The third kappa shape index (κ3) is 4.07. The van der Waals surface area contributed by atoms with Crippen molar-refractivity contribution in [3.63, 3.8) is 0 Å². The van der Waals surface area contributed by atoms with Crippen LogP contribution in [0.3, 0.4) is 0 Å². The minimum atomic E-state index is 0.612. The molecule has 0 unspecified atom stereocenters. The number of hydrogen-bond acceptors (Lipinski definition) is 4. The summed E-state index contributed by atoms with van der Waals surface area (Å²) in [6.45, 7) is 0. The lowest BCUT2D eigenvalue weighted by Gasteiger charge is -2.13. The molecule has 0 radical (unpaired) electrons. The molecule has 0 fully saturated rings. The van der Waals surface area contributed by atoms with Crippen molar-refractivity contribution in [3.05, 3.63) is 164 Å². The Morgan fingerprint density at radius 3 is 2.04 bits per heavy atom. The lowest BCUT2D eigenvalue weighted by molar-refractivity contribution is 0.669. The predicted octanol–water partition coefficient (Wildman–Crippen LogP) is 13.0. The molecule has 53 heavy (non-hydrogen) atoms. The van der Waals surface area contributed by atoms with Gasteiger partial charge in [0.2, 0.25) is 5.95 Å². The zero-order valence-corrected chi connectivity index (χ0v) is 28.2. The number of fused-ring (bicyclic) bond motifs is 12. The highest BCUT2D eigenvalue weighted by atomic mass is 16.3.